The van der Waals surface area contributed by atoms with Crippen molar-refractivity contribution in [1.82, 2.24) is 34.6 Å². The number of Topliss-reactive ketones (excluding diaryl/α,β-unsaturated/α-hetero) is 1. The van der Waals surface area contributed by atoms with Gasteiger partial charge in [0.1, 0.15) is 30.7 Å². The highest BCUT2D eigenvalue weighted by Gasteiger charge is 2.21. The second-order valence-electron chi connectivity index (χ2n) is 9.54. The van der Waals surface area contributed by atoms with Gasteiger partial charge < -0.3 is 20.1 Å². The molecule has 2 N–H and O–H groups in total. The largest absolute Gasteiger partial charge is 0.494 e. The lowest BCUT2D eigenvalue weighted by Crippen LogP contribution is -2.26. The number of halogens is 1. The summed E-state index contributed by atoms with van der Waals surface area (Å²) in [5.41, 5.74) is 2.33. The Hall–Kier alpha value is -4.65. The first-order valence-corrected chi connectivity index (χ1v) is 13.3. The van der Waals surface area contributed by atoms with Crippen LogP contribution in [0.2, 0.25) is 0 Å². The van der Waals surface area contributed by atoms with Crippen molar-refractivity contribution >= 4 is 28.8 Å². The molecule has 13 heteroatoms. The van der Waals surface area contributed by atoms with E-state index in [9.17, 15) is 9.18 Å². The third kappa shape index (κ3) is 6.74. The molecule has 5 rings (SSSR count). The van der Waals surface area contributed by atoms with Crippen LogP contribution in [0.4, 0.5) is 27.4 Å². The number of hydrogen-bond acceptors (Lipinski definition) is 11. The molecule has 0 radical (unpaired) electrons. The van der Waals surface area contributed by atoms with Crippen molar-refractivity contribution in [3.05, 3.63) is 54.7 Å². The van der Waals surface area contributed by atoms with Gasteiger partial charge in [0.15, 0.2) is 17.4 Å². The number of para-hydroxylation sites is 1. The Morgan fingerprint density at radius 2 is 1.95 bits per heavy atom. The Morgan fingerprint density at radius 1 is 1.10 bits per heavy atom. The number of methoxy groups -OCH3 is 1. The molecule has 1 aliphatic heterocycles. The van der Waals surface area contributed by atoms with Crippen molar-refractivity contribution in [2.24, 2.45) is 7.05 Å². The predicted molar refractivity (Wildman–Crippen MR) is 152 cm³/mol. The lowest BCUT2D eigenvalue weighted by Gasteiger charge is -2.17. The summed E-state index contributed by atoms with van der Waals surface area (Å²) in [6, 6.07) is 7.31. The first-order valence-electron chi connectivity index (χ1n) is 13.3. The van der Waals surface area contributed by atoms with Crippen LogP contribution >= 0.6 is 0 Å². The Bertz CT molecular complexity index is 1500. The highest BCUT2D eigenvalue weighted by molar-refractivity contribution is 6.02. The molecule has 1 fully saturated rings. The smallest absolute Gasteiger partial charge is 0.232 e. The minimum atomic E-state index is -0.755. The number of carbonyl (C=O) groups is 1. The summed E-state index contributed by atoms with van der Waals surface area (Å²) in [6.07, 6.45) is 6.33. The molecular formula is C28H32FN9O3. The maximum absolute atomic E-state index is 13.3. The molecule has 4 heterocycles. The van der Waals surface area contributed by atoms with Gasteiger partial charge in [-0.25, -0.2) is 24.3 Å². The zero-order valence-electron chi connectivity index (χ0n) is 23.2. The molecule has 1 aromatic carbocycles. The molecule has 4 aromatic rings. The monoisotopic (exact) mass is 561 g/mol. The van der Waals surface area contributed by atoms with Crippen LogP contribution in [-0.4, -0.2) is 79.9 Å². The van der Waals surface area contributed by atoms with Gasteiger partial charge in [0.05, 0.1) is 42.0 Å². The van der Waals surface area contributed by atoms with Gasteiger partial charge in [-0.1, -0.05) is 13.0 Å². The van der Waals surface area contributed by atoms with E-state index in [1.807, 2.05) is 23.1 Å². The average Bonchev–Trinajstić information content (AvgIpc) is 3.61. The molecule has 41 heavy (non-hydrogen) atoms. The number of pyridine rings is 1. The van der Waals surface area contributed by atoms with Crippen molar-refractivity contribution in [2.75, 3.05) is 44.0 Å². The zero-order valence-corrected chi connectivity index (χ0v) is 23.2. The van der Waals surface area contributed by atoms with E-state index in [1.54, 1.807) is 38.2 Å². The second kappa shape index (κ2) is 12.7. The quantitative estimate of drug-likeness (QED) is 0.241. The Morgan fingerprint density at radius 3 is 2.63 bits per heavy atom. The zero-order chi connectivity index (χ0) is 28.8. The molecule has 1 aliphatic rings. The molecule has 214 valence electrons. The maximum Gasteiger partial charge on any atom is 0.232 e. The first-order chi connectivity index (χ1) is 19.9. The number of aromatic nitrogens is 6. The molecular weight excluding hydrogens is 529 g/mol. The van der Waals surface area contributed by atoms with Gasteiger partial charge in [0.2, 0.25) is 5.88 Å². The summed E-state index contributed by atoms with van der Waals surface area (Å²) < 4.78 is 26.3. The van der Waals surface area contributed by atoms with E-state index in [0.29, 0.717) is 84.1 Å². The van der Waals surface area contributed by atoms with Crippen molar-refractivity contribution in [3.8, 4) is 23.0 Å². The topological polar surface area (TPSA) is 132 Å². The Labute approximate surface area is 237 Å². The van der Waals surface area contributed by atoms with Crippen LogP contribution in [-0.2, 0) is 7.05 Å². The van der Waals surface area contributed by atoms with Crippen LogP contribution in [0, 0.1) is 0 Å². The van der Waals surface area contributed by atoms with Crippen LogP contribution in [0.25, 0.3) is 11.4 Å². The standard InChI is InChI=1S/C28H32FN9O3/c1-4-23(39)20-13-30-24(35-25-14-32-26(15-31-25)41-11-10-38-9-8-18(29)16-38)12-22(20)34-21-7-5-6-19(27(21)40-3)28-33-17-37(2)36-28/h5-7,12-15,17-18H,4,8-11,16H2,1-3H3,(H2,30,31,34,35)/t18-/m1/s1. The van der Waals surface area contributed by atoms with E-state index in [-0.39, 0.29) is 5.78 Å². The van der Waals surface area contributed by atoms with E-state index in [1.165, 1.54) is 18.6 Å². The van der Waals surface area contributed by atoms with E-state index in [2.05, 4.69) is 35.7 Å². The number of likely N-dealkylation sites (tertiary alicyclic amines) is 1. The number of rotatable bonds is 12. The lowest BCUT2D eigenvalue weighted by molar-refractivity contribution is 0.0988. The summed E-state index contributed by atoms with van der Waals surface area (Å²) in [4.78, 5) is 32.2. The fourth-order valence-corrected chi connectivity index (χ4v) is 4.53. The predicted octanol–water partition coefficient (Wildman–Crippen LogP) is 4.18. The number of carbonyl (C=O) groups excluding carboxylic acids is 1. The highest BCUT2D eigenvalue weighted by atomic mass is 19.1. The highest BCUT2D eigenvalue weighted by Crippen LogP contribution is 2.37. The van der Waals surface area contributed by atoms with Gasteiger partial charge in [-0.15, -0.1) is 0 Å². The van der Waals surface area contributed by atoms with Gasteiger partial charge >= 0.3 is 0 Å². The minimum Gasteiger partial charge on any atom is -0.494 e. The molecule has 0 spiro atoms. The van der Waals surface area contributed by atoms with Gasteiger partial charge in [-0.3, -0.25) is 14.4 Å². The number of benzene rings is 1. The van der Waals surface area contributed by atoms with Crippen molar-refractivity contribution in [2.45, 2.75) is 25.9 Å². The van der Waals surface area contributed by atoms with E-state index in [4.69, 9.17) is 9.47 Å². The molecule has 12 nitrogen and oxygen atoms in total. The fraction of sp³-hybridized carbons (Fsp3) is 0.357. The molecule has 0 bridgehead atoms. The summed E-state index contributed by atoms with van der Waals surface area (Å²) in [7, 11) is 3.37. The van der Waals surface area contributed by atoms with Gasteiger partial charge in [0, 0.05) is 45.4 Å². The van der Waals surface area contributed by atoms with Crippen LogP contribution in [0.1, 0.15) is 30.1 Å². The Balaban J connectivity index is 1.32. The van der Waals surface area contributed by atoms with Crippen LogP contribution < -0.4 is 20.1 Å². The number of nitrogens with zero attached hydrogens (tertiary/aromatic N) is 7. The summed E-state index contributed by atoms with van der Waals surface area (Å²) in [6.45, 7) is 4.03. The number of alkyl halides is 1. The number of ether oxygens (including phenoxy) is 2. The van der Waals surface area contributed by atoms with Crippen molar-refractivity contribution in [3.63, 3.8) is 0 Å². The summed E-state index contributed by atoms with van der Waals surface area (Å²) in [5, 5.41) is 10.8. The van der Waals surface area contributed by atoms with Crippen molar-refractivity contribution < 1.29 is 18.7 Å². The minimum absolute atomic E-state index is 0.0645. The number of hydrogen-bond donors (Lipinski definition) is 2. The number of ketones is 1. The van der Waals surface area contributed by atoms with Gasteiger partial charge in [-0.05, 0) is 18.6 Å². The number of anilines is 4. The average molecular weight is 562 g/mol. The summed E-state index contributed by atoms with van der Waals surface area (Å²) >= 11 is 0. The molecule has 0 aliphatic carbocycles. The van der Waals surface area contributed by atoms with Gasteiger partial charge in [0.25, 0.3) is 0 Å². The Kier molecular flexibility index (Phi) is 8.63. The van der Waals surface area contributed by atoms with E-state index < -0.39 is 6.17 Å². The van der Waals surface area contributed by atoms with E-state index >= 15 is 0 Å². The van der Waals surface area contributed by atoms with Crippen LogP contribution in [0.15, 0.2) is 49.2 Å². The molecule has 0 unspecified atom stereocenters. The van der Waals surface area contributed by atoms with E-state index in [0.717, 1.165) is 6.54 Å². The number of aryl methyl sites for hydroxylation is 1. The lowest BCUT2D eigenvalue weighted by atomic mass is 10.1. The second-order valence-corrected chi connectivity index (χ2v) is 9.54. The molecule has 1 saturated heterocycles. The molecule has 3 aromatic heterocycles. The summed E-state index contributed by atoms with van der Waals surface area (Å²) in [5.74, 6) is 2.27. The maximum atomic E-state index is 13.3. The molecule has 1 atom stereocenters. The van der Waals surface area contributed by atoms with Gasteiger partial charge in [-0.2, -0.15) is 5.10 Å². The third-order valence-corrected chi connectivity index (χ3v) is 6.61. The third-order valence-electron chi connectivity index (χ3n) is 6.61. The fourth-order valence-electron chi connectivity index (χ4n) is 4.53. The SMILES string of the molecule is CCC(=O)c1cnc(Nc2cnc(OCCN3CC[C@@H](F)C3)cn2)cc1Nc1cccc(-c2ncn(C)n2)c1OC. The van der Waals surface area contributed by atoms with Crippen LogP contribution in [0.3, 0.4) is 0 Å². The first kappa shape index (κ1) is 27.9. The molecule has 0 saturated carbocycles. The van der Waals surface area contributed by atoms with Crippen molar-refractivity contribution in [1.29, 1.82) is 0 Å². The van der Waals surface area contributed by atoms with Crippen LogP contribution in [0.5, 0.6) is 11.6 Å². The number of nitrogens with one attached hydrogen (secondary N) is 2. The normalized spacial score (nSPS) is 15.1. The molecule has 0 amide bonds.